The van der Waals surface area contributed by atoms with E-state index in [2.05, 4.69) is 134 Å². The Hall–Kier alpha value is -3.94. The third-order valence-electron chi connectivity index (χ3n) is 7.58. The highest BCUT2D eigenvalue weighted by atomic mass is 28.3. The summed E-state index contributed by atoms with van der Waals surface area (Å²) in [5.74, 6) is 0. The molecule has 0 saturated carbocycles. The lowest BCUT2D eigenvalue weighted by atomic mass is 9.97. The van der Waals surface area contributed by atoms with Gasteiger partial charge in [0, 0.05) is 0 Å². The van der Waals surface area contributed by atoms with Crippen molar-refractivity contribution in [2.24, 2.45) is 0 Å². The molecule has 1 aliphatic rings. The summed E-state index contributed by atoms with van der Waals surface area (Å²) in [7, 11) is -2.51. The van der Waals surface area contributed by atoms with Gasteiger partial charge in [-0.05, 0) is 60.3 Å². The average molecular weight is 449 g/mol. The lowest BCUT2D eigenvalue weighted by Gasteiger charge is -2.32. The molecule has 1 heterocycles. The van der Waals surface area contributed by atoms with Gasteiger partial charge >= 0.3 is 0 Å². The predicted octanol–water partition coefficient (Wildman–Crippen LogP) is 5.66. The lowest BCUT2D eigenvalue weighted by Crippen LogP contribution is -2.73. The van der Waals surface area contributed by atoms with Gasteiger partial charge in [-0.1, -0.05) is 133 Å². The van der Waals surface area contributed by atoms with Crippen molar-refractivity contribution in [1.29, 1.82) is 0 Å². The van der Waals surface area contributed by atoms with Gasteiger partial charge in [0.2, 0.25) is 0 Å². The summed E-state index contributed by atoms with van der Waals surface area (Å²) >= 11 is 0. The molecule has 160 valence electrons. The Morgan fingerprint density at radius 1 is 0.471 bits per heavy atom. The van der Waals surface area contributed by atoms with E-state index in [4.69, 9.17) is 0 Å². The van der Waals surface area contributed by atoms with Crippen LogP contribution in [-0.2, 0) is 0 Å². The molecule has 0 spiro atoms. The fourth-order valence-electron chi connectivity index (χ4n) is 6.20. The van der Waals surface area contributed by atoms with Crippen molar-refractivity contribution in [2.45, 2.75) is 6.92 Å². The molecule has 1 heteroatoms. The molecule has 0 N–H and O–H groups in total. The van der Waals surface area contributed by atoms with Crippen molar-refractivity contribution in [3.63, 3.8) is 0 Å². The van der Waals surface area contributed by atoms with E-state index in [1.165, 1.54) is 59.0 Å². The maximum atomic E-state index is 2.47. The smallest absolute Gasteiger partial charge is 0.0623 e. The summed E-state index contributed by atoms with van der Waals surface area (Å²) in [4.78, 5) is 0. The molecular weight excluding hydrogens is 424 g/mol. The molecule has 0 aromatic heterocycles. The monoisotopic (exact) mass is 448 g/mol. The number of benzene rings is 6. The van der Waals surface area contributed by atoms with Gasteiger partial charge < -0.3 is 0 Å². The quantitative estimate of drug-likeness (QED) is 0.236. The summed E-state index contributed by atoms with van der Waals surface area (Å²) in [6, 6.07) is 47.9. The minimum absolute atomic E-state index is 1.30. The van der Waals surface area contributed by atoms with E-state index in [9.17, 15) is 0 Å². The molecule has 0 saturated heterocycles. The van der Waals surface area contributed by atoms with Crippen LogP contribution in [0.1, 0.15) is 5.56 Å². The molecule has 0 amide bonds. The molecule has 6 aromatic rings. The Morgan fingerprint density at radius 2 is 1.09 bits per heavy atom. The summed E-state index contributed by atoms with van der Waals surface area (Å²) in [6.07, 6.45) is 0. The van der Waals surface area contributed by atoms with Gasteiger partial charge in [0.25, 0.3) is 0 Å². The number of hydrogen-bond acceptors (Lipinski definition) is 0. The Kier molecular flexibility index (Phi) is 4.18. The van der Waals surface area contributed by atoms with Crippen molar-refractivity contribution in [1.82, 2.24) is 0 Å². The average Bonchev–Trinajstić information content (AvgIpc) is 3.20. The summed E-state index contributed by atoms with van der Waals surface area (Å²) < 4.78 is 0. The first kappa shape index (κ1) is 19.5. The highest BCUT2D eigenvalue weighted by Crippen LogP contribution is 2.35. The normalized spacial score (nSPS) is 13.7. The van der Waals surface area contributed by atoms with E-state index < -0.39 is 8.07 Å². The van der Waals surface area contributed by atoms with Crippen molar-refractivity contribution < 1.29 is 0 Å². The molecule has 6 aromatic carbocycles. The molecule has 1 aliphatic heterocycles. The van der Waals surface area contributed by atoms with Crippen LogP contribution >= 0.6 is 0 Å². The van der Waals surface area contributed by atoms with Crippen molar-refractivity contribution >= 4 is 50.4 Å². The van der Waals surface area contributed by atoms with Gasteiger partial charge in [-0.2, -0.15) is 0 Å². The minimum atomic E-state index is -2.51. The second kappa shape index (κ2) is 7.28. The second-order valence-electron chi connectivity index (χ2n) is 9.40. The highest BCUT2D eigenvalue weighted by Gasteiger charge is 2.49. The maximum Gasteiger partial charge on any atom is 0.181 e. The van der Waals surface area contributed by atoms with Gasteiger partial charge in [0.1, 0.15) is 0 Å². The zero-order valence-electron chi connectivity index (χ0n) is 19.1. The first-order valence-electron chi connectivity index (χ1n) is 12.0. The lowest BCUT2D eigenvalue weighted by molar-refractivity contribution is 1.49. The van der Waals surface area contributed by atoms with Crippen LogP contribution in [-0.4, -0.2) is 8.07 Å². The maximum absolute atomic E-state index is 2.51. The standard InChI is InChI=1S/C33H24Si/c1-23-16-18-29-31-21-20-28-27-15-9-8-10-24(27)17-19-30(28)33(31)34(32(29)22-23,25-11-4-2-5-12-25)26-13-6-3-7-14-26/h2-22H,1H3. The molecular formula is C33H24Si. The third-order valence-corrected chi connectivity index (χ3v) is 12.5. The molecule has 0 fully saturated rings. The van der Waals surface area contributed by atoms with E-state index in [-0.39, 0.29) is 0 Å². The molecule has 0 aliphatic carbocycles. The zero-order valence-corrected chi connectivity index (χ0v) is 20.1. The van der Waals surface area contributed by atoms with Crippen LogP contribution in [0.4, 0.5) is 0 Å². The van der Waals surface area contributed by atoms with E-state index in [0.717, 1.165) is 0 Å². The van der Waals surface area contributed by atoms with Gasteiger partial charge in [-0.3, -0.25) is 0 Å². The topological polar surface area (TPSA) is 0 Å². The van der Waals surface area contributed by atoms with Crippen LogP contribution in [0.3, 0.4) is 0 Å². The second-order valence-corrected chi connectivity index (χ2v) is 13.1. The van der Waals surface area contributed by atoms with Gasteiger partial charge in [0.15, 0.2) is 8.07 Å². The fourth-order valence-corrected chi connectivity index (χ4v) is 11.7. The summed E-state index contributed by atoms with van der Waals surface area (Å²) in [5.41, 5.74) is 4.12. The SMILES string of the molecule is Cc1ccc2c(c1)[Si](c1ccccc1)(c1ccccc1)c1c-2ccc2c1ccc1ccccc12. The Morgan fingerprint density at radius 3 is 1.82 bits per heavy atom. The molecule has 7 rings (SSSR count). The van der Waals surface area contributed by atoms with Gasteiger partial charge in [0.05, 0.1) is 0 Å². The Balaban J connectivity index is 1.74. The molecule has 0 radical (unpaired) electrons. The molecule has 0 atom stereocenters. The number of hydrogen-bond donors (Lipinski definition) is 0. The number of aryl methyl sites for hydroxylation is 1. The van der Waals surface area contributed by atoms with Crippen LogP contribution in [0.25, 0.3) is 32.7 Å². The first-order valence-corrected chi connectivity index (χ1v) is 14.0. The number of fused-ring (bicyclic) bond motifs is 7. The third kappa shape index (κ3) is 2.53. The van der Waals surface area contributed by atoms with E-state index in [0.29, 0.717) is 0 Å². The van der Waals surface area contributed by atoms with E-state index >= 15 is 0 Å². The van der Waals surface area contributed by atoms with Crippen molar-refractivity contribution in [2.75, 3.05) is 0 Å². The van der Waals surface area contributed by atoms with E-state index in [1.807, 2.05) is 0 Å². The molecule has 34 heavy (non-hydrogen) atoms. The minimum Gasteiger partial charge on any atom is -0.0623 e. The van der Waals surface area contributed by atoms with Crippen LogP contribution in [0.15, 0.2) is 127 Å². The predicted molar refractivity (Wildman–Crippen MR) is 149 cm³/mol. The molecule has 0 nitrogen and oxygen atoms in total. The highest BCUT2D eigenvalue weighted by molar-refractivity contribution is 7.23. The van der Waals surface area contributed by atoms with Crippen molar-refractivity contribution in [3.05, 3.63) is 133 Å². The Labute approximate surface area is 201 Å². The largest absolute Gasteiger partial charge is 0.181 e. The zero-order chi connectivity index (χ0) is 22.7. The molecule has 0 unspecified atom stereocenters. The summed E-state index contributed by atoms with van der Waals surface area (Å²) in [5, 5.41) is 11.3. The van der Waals surface area contributed by atoms with Crippen LogP contribution < -0.4 is 20.7 Å². The number of rotatable bonds is 2. The van der Waals surface area contributed by atoms with Gasteiger partial charge in [-0.25, -0.2) is 0 Å². The Bertz CT molecular complexity index is 1660. The van der Waals surface area contributed by atoms with Gasteiger partial charge in [-0.15, -0.1) is 0 Å². The van der Waals surface area contributed by atoms with E-state index in [1.54, 1.807) is 0 Å². The molecule has 0 bridgehead atoms. The van der Waals surface area contributed by atoms with Crippen molar-refractivity contribution in [3.8, 4) is 11.1 Å². The van der Waals surface area contributed by atoms with Crippen LogP contribution in [0, 0.1) is 6.92 Å². The van der Waals surface area contributed by atoms with Crippen LogP contribution in [0.5, 0.6) is 0 Å². The first-order chi connectivity index (χ1) is 16.8. The fraction of sp³-hybridized carbons (Fsp3) is 0.0303. The van der Waals surface area contributed by atoms with Crippen LogP contribution in [0.2, 0.25) is 0 Å². The summed E-state index contributed by atoms with van der Waals surface area (Å²) in [6.45, 7) is 2.23.